The molecule has 0 fully saturated rings. The van der Waals surface area contributed by atoms with Crippen molar-refractivity contribution in [3.8, 4) is 29.6 Å². The number of carbonyl (C=O) groups excluding carboxylic acids is 1. The van der Waals surface area contributed by atoms with E-state index in [4.69, 9.17) is 27.5 Å². The molecule has 0 bridgehead atoms. The van der Waals surface area contributed by atoms with Gasteiger partial charge in [-0.2, -0.15) is 5.10 Å². The van der Waals surface area contributed by atoms with Crippen molar-refractivity contribution in [2.75, 3.05) is 13.2 Å². The number of nitrogens with one attached hydrogen (secondary N) is 1. The Kier molecular flexibility index (Phi) is 7.53. The molecule has 0 saturated heterocycles. The quantitative estimate of drug-likeness (QED) is 0.379. The minimum atomic E-state index is -0.560. The maximum Gasteiger partial charge on any atom is 0.275 e. The van der Waals surface area contributed by atoms with E-state index >= 15 is 0 Å². The number of halogens is 2. The molecule has 0 aliphatic carbocycles. The first-order chi connectivity index (χ1) is 13.0. The van der Waals surface area contributed by atoms with E-state index in [1.165, 1.54) is 18.3 Å². The summed E-state index contributed by atoms with van der Waals surface area (Å²) in [5, 5.41) is 13.9. The maximum atomic E-state index is 12.1. The molecular formula is C19H16BrClN2O4. The number of aromatic hydroxyl groups is 1. The summed E-state index contributed by atoms with van der Waals surface area (Å²) < 4.78 is 11.6. The molecule has 0 atom stereocenters. The van der Waals surface area contributed by atoms with E-state index in [0.717, 1.165) is 0 Å². The summed E-state index contributed by atoms with van der Waals surface area (Å²) in [6, 6.07) is 7.78. The van der Waals surface area contributed by atoms with E-state index in [0.29, 0.717) is 33.2 Å². The molecule has 6 nitrogen and oxygen atoms in total. The highest BCUT2D eigenvalue weighted by Crippen LogP contribution is 2.36. The fourth-order valence-electron chi connectivity index (χ4n) is 2.10. The van der Waals surface area contributed by atoms with E-state index in [9.17, 15) is 9.90 Å². The molecule has 2 aromatic carbocycles. The van der Waals surface area contributed by atoms with Gasteiger partial charge in [-0.3, -0.25) is 4.79 Å². The third-order valence-electron chi connectivity index (χ3n) is 3.21. The predicted octanol–water partition coefficient (Wildman–Crippen LogP) is 3.98. The van der Waals surface area contributed by atoms with Gasteiger partial charge >= 0.3 is 0 Å². The first-order valence-electron chi connectivity index (χ1n) is 7.80. The van der Waals surface area contributed by atoms with Crippen LogP contribution in [0.25, 0.3) is 0 Å². The molecule has 140 valence electrons. The van der Waals surface area contributed by atoms with Gasteiger partial charge < -0.3 is 14.6 Å². The smallest absolute Gasteiger partial charge is 0.275 e. The molecular weight excluding hydrogens is 436 g/mol. The number of hydrazone groups is 1. The first-order valence-corrected chi connectivity index (χ1v) is 8.97. The van der Waals surface area contributed by atoms with Crippen molar-refractivity contribution in [1.82, 2.24) is 5.43 Å². The van der Waals surface area contributed by atoms with Crippen LogP contribution < -0.4 is 14.9 Å². The van der Waals surface area contributed by atoms with Gasteiger partial charge in [-0.1, -0.05) is 33.5 Å². The average Bonchev–Trinajstić information content (AvgIpc) is 2.63. The van der Waals surface area contributed by atoms with Crippen molar-refractivity contribution in [2.24, 2.45) is 5.10 Å². The molecule has 0 aromatic heterocycles. The molecule has 0 unspecified atom stereocenters. The summed E-state index contributed by atoms with van der Waals surface area (Å²) in [5.41, 5.74) is 3.01. The molecule has 2 rings (SSSR count). The lowest BCUT2D eigenvalue weighted by atomic mass is 10.2. The van der Waals surface area contributed by atoms with Gasteiger partial charge in [0.25, 0.3) is 5.91 Å². The minimum Gasteiger partial charge on any atom is -0.507 e. The zero-order valence-corrected chi connectivity index (χ0v) is 16.7. The number of amides is 1. The van der Waals surface area contributed by atoms with E-state index in [-0.39, 0.29) is 17.9 Å². The molecule has 0 aliphatic heterocycles. The Balaban J connectivity index is 2.17. The second-order valence-electron chi connectivity index (χ2n) is 5.12. The van der Waals surface area contributed by atoms with Gasteiger partial charge in [0.05, 0.1) is 23.4 Å². The van der Waals surface area contributed by atoms with Crippen LogP contribution in [0, 0.1) is 12.3 Å². The van der Waals surface area contributed by atoms with Crippen molar-refractivity contribution in [3.63, 3.8) is 0 Å². The first kappa shape index (κ1) is 20.6. The Morgan fingerprint density at radius 3 is 2.89 bits per heavy atom. The molecule has 1 amide bonds. The van der Waals surface area contributed by atoms with Crippen LogP contribution in [0.1, 0.15) is 22.8 Å². The molecule has 27 heavy (non-hydrogen) atoms. The van der Waals surface area contributed by atoms with Gasteiger partial charge in [0.2, 0.25) is 0 Å². The maximum absolute atomic E-state index is 12.1. The fourth-order valence-corrected chi connectivity index (χ4v) is 2.73. The van der Waals surface area contributed by atoms with Crippen LogP contribution in [0.15, 0.2) is 39.9 Å². The van der Waals surface area contributed by atoms with Crippen molar-refractivity contribution in [3.05, 3.63) is 51.0 Å². The van der Waals surface area contributed by atoms with Gasteiger partial charge in [0.1, 0.15) is 12.4 Å². The minimum absolute atomic E-state index is 0.0550. The number of ether oxygens (including phenoxy) is 2. The summed E-state index contributed by atoms with van der Waals surface area (Å²) in [6.45, 7) is 2.28. The van der Waals surface area contributed by atoms with Crippen LogP contribution in [-0.2, 0) is 0 Å². The van der Waals surface area contributed by atoms with Crippen molar-refractivity contribution in [2.45, 2.75) is 6.92 Å². The molecule has 0 heterocycles. The normalized spacial score (nSPS) is 10.4. The van der Waals surface area contributed by atoms with Crippen LogP contribution in [0.4, 0.5) is 0 Å². The van der Waals surface area contributed by atoms with E-state index < -0.39 is 5.91 Å². The molecule has 0 aliphatic rings. The third kappa shape index (κ3) is 5.64. The number of hydrogen-bond donors (Lipinski definition) is 2. The Morgan fingerprint density at radius 2 is 2.19 bits per heavy atom. The molecule has 0 spiro atoms. The average molecular weight is 452 g/mol. The lowest BCUT2D eigenvalue weighted by molar-refractivity contribution is 0.0952. The number of rotatable bonds is 7. The van der Waals surface area contributed by atoms with Gasteiger partial charge in [0, 0.05) is 4.47 Å². The second kappa shape index (κ2) is 9.86. The van der Waals surface area contributed by atoms with E-state index in [1.807, 2.05) is 6.92 Å². The number of terminal acetylenes is 1. The summed E-state index contributed by atoms with van der Waals surface area (Å²) in [5.74, 6) is 2.41. The number of phenolic OH excluding ortho intramolecular Hbond substituents is 1. The molecule has 8 heteroatoms. The van der Waals surface area contributed by atoms with E-state index in [1.54, 1.807) is 18.2 Å². The predicted molar refractivity (Wildman–Crippen MR) is 108 cm³/mol. The summed E-state index contributed by atoms with van der Waals surface area (Å²) >= 11 is 9.46. The lowest BCUT2D eigenvalue weighted by Gasteiger charge is -2.12. The number of phenols is 1. The number of carbonyl (C=O) groups is 1. The van der Waals surface area contributed by atoms with Crippen LogP contribution in [0.2, 0.25) is 5.02 Å². The molecule has 2 aromatic rings. The largest absolute Gasteiger partial charge is 0.507 e. The van der Waals surface area contributed by atoms with Crippen LogP contribution in [0.3, 0.4) is 0 Å². The highest BCUT2D eigenvalue weighted by atomic mass is 79.9. The van der Waals surface area contributed by atoms with Crippen LogP contribution in [-0.4, -0.2) is 30.4 Å². The SMILES string of the molecule is C#CCOc1c(Cl)cc(/C=N/NC(=O)c2cc(Br)ccc2O)cc1OCC. The standard InChI is InChI=1S/C19H16BrClN2O4/c1-3-7-27-18-15(21)8-12(9-17(18)26-4-2)11-22-23-19(25)14-10-13(20)5-6-16(14)24/h1,5-6,8-11,24H,4,7H2,2H3,(H,23,25)/b22-11+. The van der Waals surface area contributed by atoms with Crippen LogP contribution >= 0.6 is 27.5 Å². The molecule has 2 N–H and O–H groups in total. The zero-order valence-electron chi connectivity index (χ0n) is 14.3. The van der Waals surface area contributed by atoms with Gasteiger partial charge in [-0.25, -0.2) is 5.43 Å². The third-order valence-corrected chi connectivity index (χ3v) is 3.99. The van der Waals surface area contributed by atoms with Crippen molar-refractivity contribution >= 4 is 39.7 Å². The highest BCUT2D eigenvalue weighted by molar-refractivity contribution is 9.10. The van der Waals surface area contributed by atoms with E-state index in [2.05, 4.69) is 32.4 Å². The highest BCUT2D eigenvalue weighted by Gasteiger charge is 2.13. The summed E-state index contributed by atoms with van der Waals surface area (Å²) in [6.07, 6.45) is 6.60. The fraction of sp³-hybridized carbons (Fsp3) is 0.158. The van der Waals surface area contributed by atoms with Gasteiger partial charge in [-0.05, 0) is 42.8 Å². The van der Waals surface area contributed by atoms with Crippen molar-refractivity contribution < 1.29 is 19.4 Å². The van der Waals surface area contributed by atoms with Crippen molar-refractivity contribution in [1.29, 1.82) is 0 Å². The summed E-state index contributed by atoms with van der Waals surface area (Å²) in [4.78, 5) is 12.1. The summed E-state index contributed by atoms with van der Waals surface area (Å²) in [7, 11) is 0. The zero-order chi connectivity index (χ0) is 19.8. The Morgan fingerprint density at radius 1 is 1.41 bits per heavy atom. The molecule has 0 radical (unpaired) electrons. The van der Waals surface area contributed by atoms with Gasteiger partial charge in [-0.15, -0.1) is 6.42 Å². The number of nitrogens with zero attached hydrogens (tertiary/aromatic N) is 1. The number of benzene rings is 2. The monoisotopic (exact) mass is 450 g/mol. The number of hydrogen-bond acceptors (Lipinski definition) is 5. The Hall–Kier alpha value is -2.69. The van der Waals surface area contributed by atoms with Gasteiger partial charge in [0.15, 0.2) is 11.5 Å². The Labute approximate surface area is 170 Å². The Bertz CT molecular complexity index is 909. The molecule has 0 saturated carbocycles. The van der Waals surface area contributed by atoms with Crippen LogP contribution in [0.5, 0.6) is 17.2 Å². The second-order valence-corrected chi connectivity index (χ2v) is 6.44. The topological polar surface area (TPSA) is 80.2 Å². The lowest BCUT2D eigenvalue weighted by Crippen LogP contribution is -2.17.